The number of aromatic nitrogens is 1. The Morgan fingerprint density at radius 1 is 1.36 bits per heavy atom. The number of sulfone groups is 1. The van der Waals surface area contributed by atoms with Crippen LogP contribution in [-0.4, -0.2) is 93.2 Å². The average molecular weight is 525 g/mol. The SMILES string of the molecule is CON=C(C(=O)N[C@@H]1C(=O)N[C@@H]1CNC(=O)OCCS(C)(=O)=O)c1csc(NC(=O)CCl)n1. The molecular weight excluding hydrogens is 504 g/mol. The summed E-state index contributed by atoms with van der Waals surface area (Å²) in [4.78, 5) is 56.4. The van der Waals surface area contributed by atoms with E-state index in [0.717, 1.165) is 17.6 Å². The van der Waals surface area contributed by atoms with Gasteiger partial charge in [-0.3, -0.25) is 14.4 Å². The van der Waals surface area contributed by atoms with E-state index in [2.05, 4.69) is 36.2 Å². The third-order valence-corrected chi connectivity index (χ3v) is 5.87. The Labute approximate surface area is 197 Å². The number of hydrogen-bond acceptors (Lipinski definition) is 11. The van der Waals surface area contributed by atoms with Crippen LogP contribution < -0.4 is 21.3 Å². The number of hydrogen-bond donors (Lipinski definition) is 4. The number of halogens is 1. The molecule has 2 rings (SSSR count). The molecule has 0 radical (unpaired) electrons. The predicted molar refractivity (Wildman–Crippen MR) is 118 cm³/mol. The van der Waals surface area contributed by atoms with Crippen LogP contribution in [0.2, 0.25) is 0 Å². The molecule has 0 saturated carbocycles. The van der Waals surface area contributed by atoms with Crippen LogP contribution in [0.1, 0.15) is 5.69 Å². The van der Waals surface area contributed by atoms with Gasteiger partial charge in [0, 0.05) is 18.2 Å². The van der Waals surface area contributed by atoms with Crippen LogP contribution in [0.15, 0.2) is 10.5 Å². The number of oxime groups is 1. The van der Waals surface area contributed by atoms with Crippen molar-refractivity contribution < 1.29 is 37.2 Å². The van der Waals surface area contributed by atoms with E-state index < -0.39 is 45.7 Å². The first kappa shape index (κ1) is 26.3. The third kappa shape index (κ3) is 8.14. The van der Waals surface area contributed by atoms with Crippen molar-refractivity contribution in [2.75, 3.05) is 43.5 Å². The highest BCUT2D eigenvalue weighted by atomic mass is 35.5. The summed E-state index contributed by atoms with van der Waals surface area (Å²) in [6.07, 6.45) is 0.134. The van der Waals surface area contributed by atoms with E-state index in [1.807, 2.05) is 0 Å². The van der Waals surface area contributed by atoms with Crippen molar-refractivity contribution >= 4 is 67.4 Å². The third-order valence-electron chi connectivity index (χ3n) is 3.96. The number of amides is 4. The van der Waals surface area contributed by atoms with E-state index in [0.29, 0.717) is 0 Å². The molecule has 182 valence electrons. The van der Waals surface area contributed by atoms with Gasteiger partial charge in [-0.05, 0) is 0 Å². The molecule has 14 nitrogen and oxygen atoms in total. The van der Waals surface area contributed by atoms with Gasteiger partial charge in [0.25, 0.3) is 5.91 Å². The molecular formula is C16H21ClN6O8S2. The Balaban J connectivity index is 1.93. The summed E-state index contributed by atoms with van der Waals surface area (Å²) in [6.45, 7) is -0.407. The zero-order valence-corrected chi connectivity index (χ0v) is 19.8. The van der Waals surface area contributed by atoms with Gasteiger partial charge >= 0.3 is 6.09 Å². The molecule has 1 saturated heterocycles. The highest BCUT2D eigenvalue weighted by Crippen LogP contribution is 2.17. The number of anilines is 1. The Kier molecular flexibility index (Phi) is 9.36. The van der Waals surface area contributed by atoms with Gasteiger partial charge in [0.15, 0.2) is 20.7 Å². The summed E-state index contributed by atoms with van der Waals surface area (Å²) < 4.78 is 26.8. The first-order valence-corrected chi connectivity index (χ1v) is 12.6. The number of β-lactam (4-membered cyclic amide) rings is 1. The highest BCUT2D eigenvalue weighted by Gasteiger charge is 2.41. The minimum atomic E-state index is -3.28. The van der Waals surface area contributed by atoms with E-state index in [9.17, 15) is 27.6 Å². The van der Waals surface area contributed by atoms with E-state index in [-0.39, 0.29) is 41.3 Å². The Morgan fingerprint density at radius 2 is 2.09 bits per heavy atom. The van der Waals surface area contributed by atoms with Gasteiger partial charge in [-0.25, -0.2) is 18.2 Å². The number of alkyl carbamates (subject to hydrolysis) is 1. The van der Waals surface area contributed by atoms with Crippen molar-refractivity contribution in [1.29, 1.82) is 0 Å². The Hall–Kier alpha value is -2.98. The average Bonchev–Trinajstić information content (AvgIpc) is 3.19. The number of nitrogens with one attached hydrogen (secondary N) is 4. The van der Waals surface area contributed by atoms with Crippen LogP contribution in [0.5, 0.6) is 0 Å². The molecule has 0 aliphatic carbocycles. The molecule has 1 aliphatic rings. The molecule has 1 aromatic rings. The molecule has 2 heterocycles. The highest BCUT2D eigenvalue weighted by molar-refractivity contribution is 7.90. The lowest BCUT2D eigenvalue weighted by Gasteiger charge is -2.36. The quantitative estimate of drug-likeness (QED) is 0.114. The molecule has 33 heavy (non-hydrogen) atoms. The van der Waals surface area contributed by atoms with Crippen LogP contribution in [0.3, 0.4) is 0 Å². The van der Waals surface area contributed by atoms with Crippen molar-refractivity contribution in [2.24, 2.45) is 5.16 Å². The maximum Gasteiger partial charge on any atom is 0.407 e. The predicted octanol–water partition coefficient (Wildman–Crippen LogP) is -1.58. The smallest absolute Gasteiger partial charge is 0.407 e. The van der Waals surface area contributed by atoms with Gasteiger partial charge in [-0.1, -0.05) is 5.16 Å². The van der Waals surface area contributed by atoms with E-state index >= 15 is 0 Å². The lowest BCUT2D eigenvalue weighted by molar-refractivity contribution is -0.134. The summed E-state index contributed by atoms with van der Waals surface area (Å²) >= 11 is 6.45. The minimum Gasteiger partial charge on any atom is -0.448 e. The second-order valence-corrected chi connectivity index (χ2v) is 9.94. The zero-order valence-electron chi connectivity index (χ0n) is 17.4. The number of nitrogens with zero attached hydrogens (tertiary/aromatic N) is 2. The molecule has 0 spiro atoms. The van der Waals surface area contributed by atoms with Crippen molar-refractivity contribution in [2.45, 2.75) is 12.1 Å². The first-order valence-electron chi connectivity index (χ1n) is 9.16. The van der Waals surface area contributed by atoms with E-state index in [1.54, 1.807) is 0 Å². The van der Waals surface area contributed by atoms with E-state index in [4.69, 9.17) is 16.3 Å². The number of carbonyl (C=O) groups is 4. The lowest BCUT2D eigenvalue weighted by Crippen LogP contribution is -2.72. The standard InChI is InChI=1S/C16H21ClN6O8S2/c1-30-23-12(9-7-32-15(20-9)21-10(24)5-17)14(26)22-11-8(19-13(11)25)6-18-16(27)31-3-4-33(2,28)29/h7-8,11H,3-6H2,1-2H3,(H,18,27)(H,19,25)(H,22,26)(H,20,21,24)/t8-,11+/m1/s1. The second-order valence-electron chi connectivity index (χ2n) is 6.56. The second kappa shape index (κ2) is 11.8. The van der Waals surface area contributed by atoms with Gasteiger partial charge in [-0.15, -0.1) is 22.9 Å². The molecule has 1 fully saturated rings. The summed E-state index contributed by atoms with van der Waals surface area (Å²) in [5, 5.41) is 15.1. The first-order chi connectivity index (χ1) is 15.5. The maximum atomic E-state index is 12.7. The Morgan fingerprint density at radius 3 is 2.70 bits per heavy atom. The lowest BCUT2D eigenvalue weighted by atomic mass is 9.98. The summed E-state index contributed by atoms with van der Waals surface area (Å²) in [6, 6.07) is -1.65. The molecule has 1 aromatic heterocycles. The number of alkyl halides is 1. The number of thiazole rings is 1. The summed E-state index contributed by atoms with van der Waals surface area (Å²) in [5.74, 6) is -2.35. The molecule has 1 aliphatic heterocycles. The van der Waals surface area contributed by atoms with Crippen LogP contribution in [-0.2, 0) is 33.8 Å². The fraction of sp³-hybridized carbons (Fsp3) is 0.500. The van der Waals surface area contributed by atoms with Crippen molar-refractivity contribution in [3.63, 3.8) is 0 Å². The van der Waals surface area contributed by atoms with Gasteiger partial charge in [-0.2, -0.15) is 0 Å². The fourth-order valence-corrected chi connectivity index (χ4v) is 3.57. The molecule has 0 aromatic carbocycles. The normalized spacial score (nSPS) is 17.9. The fourth-order valence-electron chi connectivity index (χ4n) is 2.41. The molecule has 0 unspecified atom stereocenters. The molecule has 17 heteroatoms. The van der Waals surface area contributed by atoms with Gasteiger partial charge in [0.1, 0.15) is 31.3 Å². The van der Waals surface area contributed by atoms with Crippen LogP contribution >= 0.6 is 22.9 Å². The van der Waals surface area contributed by atoms with Crippen molar-refractivity contribution in [1.82, 2.24) is 20.9 Å². The van der Waals surface area contributed by atoms with Crippen molar-refractivity contribution in [3.05, 3.63) is 11.1 Å². The molecule has 4 amide bonds. The number of rotatable bonds is 11. The maximum absolute atomic E-state index is 12.7. The van der Waals surface area contributed by atoms with E-state index in [1.165, 1.54) is 12.5 Å². The Bertz CT molecular complexity index is 1040. The van der Waals surface area contributed by atoms with Crippen LogP contribution in [0.4, 0.5) is 9.93 Å². The van der Waals surface area contributed by atoms with Gasteiger partial charge in [0.05, 0.1) is 11.8 Å². The van der Waals surface area contributed by atoms with Gasteiger partial charge < -0.3 is 30.8 Å². The summed E-state index contributed by atoms with van der Waals surface area (Å²) in [5.41, 5.74) is -0.153. The van der Waals surface area contributed by atoms with Crippen LogP contribution in [0, 0.1) is 0 Å². The number of ether oxygens (including phenoxy) is 1. The van der Waals surface area contributed by atoms with Gasteiger partial charge in [0.2, 0.25) is 11.8 Å². The molecule has 0 bridgehead atoms. The largest absolute Gasteiger partial charge is 0.448 e. The molecule has 4 N–H and O–H groups in total. The number of carbonyl (C=O) groups excluding carboxylic acids is 4. The monoisotopic (exact) mass is 524 g/mol. The van der Waals surface area contributed by atoms with Crippen molar-refractivity contribution in [3.8, 4) is 0 Å². The van der Waals surface area contributed by atoms with Crippen LogP contribution in [0.25, 0.3) is 0 Å². The zero-order chi connectivity index (χ0) is 24.6. The topological polar surface area (TPSA) is 194 Å². The molecule has 2 atom stereocenters. The minimum absolute atomic E-state index is 0.0868. The summed E-state index contributed by atoms with van der Waals surface area (Å²) in [7, 11) is -2.06.